The van der Waals surface area contributed by atoms with E-state index in [1.54, 1.807) is 90.7 Å². The summed E-state index contributed by atoms with van der Waals surface area (Å²) in [6.07, 6.45) is 0.244. The van der Waals surface area contributed by atoms with Crippen molar-refractivity contribution in [3.8, 4) is 11.5 Å². The minimum absolute atomic E-state index is 0.128. The summed E-state index contributed by atoms with van der Waals surface area (Å²) in [5.74, 6) is -2.07. The van der Waals surface area contributed by atoms with E-state index >= 15 is 0 Å². The van der Waals surface area contributed by atoms with Crippen LogP contribution in [0.3, 0.4) is 0 Å². The molecule has 11 heteroatoms. The number of rotatable bonds is 18. The first kappa shape index (κ1) is 40.8. The van der Waals surface area contributed by atoms with Crippen LogP contribution in [0.4, 0.5) is 11.4 Å². The lowest BCUT2D eigenvalue weighted by Gasteiger charge is -2.26. The van der Waals surface area contributed by atoms with Gasteiger partial charge in [0, 0.05) is 63.0 Å². The summed E-state index contributed by atoms with van der Waals surface area (Å²) in [6, 6.07) is 31.0. The Hall–Kier alpha value is -5.97. The number of methoxy groups -OCH3 is 2. The minimum atomic E-state index is -0.899. The fourth-order valence-electron chi connectivity index (χ4n) is 6.01. The van der Waals surface area contributed by atoms with Crippen molar-refractivity contribution in [3.63, 3.8) is 0 Å². The van der Waals surface area contributed by atoms with Crippen LogP contribution >= 0.6 is 0 Å². The number of hydrogen-bond donors (Lipinski definition) is 2. The Labute approximate surface area is 317 Å². The van der Waals surface area contributed by atoms with Crippen molar-refractivity contribution in [2.75, 3.05) is 38.1 Å². The Morgan fingerprint density at radius 2 is 0.870 bits per heavy atom. The van der Waals surface area contributed by atoms with Gasteiger partial charge in [-0.1, -0.05) is 74.5 Å². The van der Waals surface area contributed by atoms with E-state index in [2.05, 4.69) is 10.6 Å². The van der Waals surface area contributed by atoms with Crippen molar-refractivity contribution in [2.24, 2.45) is 11.8 Å². The summed E-state index contributed by atoms with van der Waals surface area (Å²) in [6.45, 7) is 3.25. The number of likely N-dealkylation sites (N-methyl/N-ethyl adjacent to an activating group) is 2. The first-order valence-corrected chi connectivity index (χ1v) is 17.9. The summed E-state index contributed by atoms with van der Waals surface area (Å²) in [7, 11) is 6.41. The van der Waals surface area contributed by atoms with Crippen LogP contribution in [0, 0.1) is 11.8 Å². The zero-order valence-electron chi connectivity index (χ0n) is 31.8. The molecule has 0 heterocycles. The maximum absolute atomic E-state index is 13.7. The number of carbonyl (C=O) groups is 5. The van der Waals surface area contributed by atoms with Crippen LogP contribution in [0.1, 0.15) is 37.8 Å². The highest BCUT2D eigenvalue weighted by atomic mass is 16.5. The van der Waals surface area contributed by atoms with Gasteiger partial charge in [0.05, 0.1) is 14.2 Å². The Morgan fingerprint density at radius 3 is 1.19 bits per heavy atom. The molecule has 0 saturated carbocycles. The molecule has 0 bridgehead atoms. The van der Waals surface area contributed by atoms with Crippen molar-refractivity contribution >= 4 is 40.8 Å². The lowest BCUT2D eigenvalue weighted by atomic mass is 9.95. The van der Waals surface area contributed by atoms with Gasteiger partial charge in [0.15, 0.2) is 0 Å². The number of hydrogen-bond acceptors (Lipinski definition) is 7. The van der Waals surface area contributed by atoms with E-state index in [1.165, 1.54) is 9.80 Å². The number of nitrogens with zero attached hydrogens (tertiary/aromatic N) is 2. The first-order chi connectivity index (χ1) is 25.9. The Morgan fingerprint density at radius 1 is 0.537 bits per heavy atom. The predicted octanol–water partition coefficient (Wildman–Crippen LogP) is 5.41. The third kappa shape index (κ3) is 11.5. The number of benzene rings is 4. The molecule has 4 aromatic rings. The molecule has 11 nitrogen and oxygen atoms in total. The number of Topliss-reactive ketones (excluding diaryl/α,β-unsaturated/α-hetero) is 1. The standard InChI is InChI=1S/C43H50N4O7/c1-29(40(49)44-38(27-31-13-9-7-10-14-31)42(51)46(3)33-17-21-36(53-5)22-18-33)25-35(48)26-30(2)41(50)45-39(28-32-15-11-8-12-16-32)43(52)47(4)34-19-23-37(54-6)24-20-34/h7-24,29-30,38-39H,25-28H2,1-6H3,(H,44,49)(H,45,50)/t29-,30-,38+,39+/m1/s1. The third-order valence-electron chi connectivity index (χ3n) is 9.34. The molecule has 284 valence electrons. The van der Waals surface area contributed by atoms with Gasteiger partial charge in [-0.2, -0.15) is 0 Å². The van der Waals surface area contributed by atoms with Gasteiger partial charge in [0.1, 0.15) is 29.4 Å². The molecule has 0 aliphatic carbocycles. The second kappa shape index (κ2) is 19.8. The summed E-state index contributed by atoms with van der Waals surface area (Å²) >= 11 is 0. The molecule has 4 rings (SSSR count). The van der Waals surface area contributed by atoms with Crippen LogP contribution in [0.2, 0.25) is 0 Å². The lowest BCUT2D eigenvalue weighted by molar-refractivity contribution is -0.133. The maximum atomic E-state index is 13.7. The highest BCUT2D eigenvalue weighted by Crippen LogP contribution is 2.22. The molecule has 2 N–H and O–H groups in total. The molecular weight excluding hydrogens is 684 g/mol. The van der Waals surface area contributed by atoms with E-state index in [1.807, 2.05) is 60.7 Å². The van der Waals surface area contributed by atoms with Crippen molar-refractivity contribution in [1.29, 1.82) is 0 Å². The van der Waals surface area contributed by atoms with Crippen LogP contribution in [0.25, 0.3) is 0 Å². The van der Waals surface area contributed by atoms with E-state index in [4.69, 9.17) is 9.47 Å². The van der Waals surface area contributed by atoms with E-state index in [9.17, 15) is 24.0 Å². The average molecular weight is 735 g/mol. The largest absolute Gasteiger partial charge is 0.497 e. The molecule has 0 unspecified atom stereocenters. The number of anilines is 2. The van der Waals surface area contributed by atoms with Crippen molar-refractivity contribution in [2.45, 2.75) is 51.6 Å². The molecule has 0 fully saturated rings. The maximum Gasteiger partial charge on any atom is 0.249 e. The van der Waals surface area contributed by atoms with Crippen LogP contribution in [0.5, 0.6) is 11.5 Å². The van der Waals surface area contributed by atoms with Crippen molar-refractivity contribution < 1.29 is 33.4 Å². The monoisotopic (exact) mass is 734 g/mol. The molecular formula is C43H50N4O7. The van der Waals surface area contributed by atoms with E-state index < -0.39 is 35.7 Å². The Kier molecular flexibility index (Phi) is 14.9. The second-order valence-electron chi connectivity index (χ2n) is 13.4. The molecule has 0 saturated heterocycles. The SMILES string of the molecule is COc1ccc(N(C)C(=O)[C@H](Cc2ccccc2)NC(=O)[C@H](C)CC(=O)C[C@@H](C)C(=O)N[C@@H](Cc2ccccc2)C(=O)N(C)c2ccc(OC)cc2)cc1. The topological polar surface area (TPSA) is 134 Å². The zero-order valence-corrected chi connectivity index (χ0v) is 31.8. The van der Waals surface area contributed by atoms with Crippen LogP contribution in [-0.4, -0.2) is 69.8 Å². The van der Waals surface area contributed by atoms with Crippen LogP contribution < -0.4 is 29.9 Å². The van der Waals surface area contributed by atoms with Gasteiger partial charge in [0.2, 0.25) is 23.6 Å². The highest BCUT2D eigenvalue weighted by Gasteiger charge is 2.30. The summed E-state index contributed by atoms with van der Waals surface area (Å²) in [5, 5.41) is 5.75. The molecule has 54 heavy (non-hydrogen) atoms. The van der Waals surface area contributed by atoms with E-state index in [-0.39, 0.29) is 43.3 Å². The number of nitrogens with one attached hydrogen (secondary N) is 2. The Bertz CT molecular complexity index is 1720. The number of ketones is 1. The van der Waals surface area contributed by atoms with Crippen LogP contribution in [0.15, 0.2) is 109 Å². The fraction of sp³-hybridized carbons (Fsp3) is 0.326. The number of carbonyl (C=O) groups excluding carboxylic acids is 5. The lowest BCUT2D eigenvalue weighted by Crippen LogP contribution is -2.50. The number of ether oxygens (including phenoxy) is 2. The highest BCUT2D eigenvalue weighted by molar-refractivity contribution is 6.01. The predicted molar refractivity (Wildman–Crippen MR) is 210 cm³/mol. The average Bonchev–Trinajstić information content (AvgIpc) is 3.19. The molecule has 0 aliphatic heterocycles. The van der Waals surface area contributed by atoms with Gasteiger partial charge in [-0.3, -0.25) is 24.0 Å². The van der Waals surface area contributed by atoms with Crippen LogP contribution in [-0.2, 0) is 36.8 Å². The normalized spacial score (nSPS) is 13.0. The number of amides is 4. The first-order valence-electron chi connectivity index (χ1n) is 17.9. The van der Waals surface area contributed by atoms with Gasteiger partial charge in [-0.05, 0) is 59.7 Å². The summed E-state index contributed by atoms with van der Waals surface area (Å²) in [5.41, 5.74) is 2.98. The smallest absolute Gasteiger partial charge is 0.249 e. The van der Waals surface area contributed by atoms with Gasteiger partial charge in [0.25, 0.3) is 0 Å². The third-order valence-corrected chi connectivity index (χ3v) is 9.34. The molecule has 4 amide bonds. The summed E-state index contributed by atoms with van der Waals surface area (Å²) < 4.78 is 10.5. The molecule has 4 atom stereocenters. The fourth-order valence-corrected chi connectivity index (χ4v) is 6.01. The van der Waals surface area contributed by atoms with Gasteiger partial charge in [-0.15, -0.1) is 0 Å². The second-order valence-corrected chi connectivity index (χ2v) is 13.4. The van der Waals surface area contributed by atoms with Gasteiger partial charge < -0.3 is 29.9 Å². The molecule has 4 aromatic carbocycles. The molecule has 0 aliphatic rings. The van der Waals surface area contributed by atoms with Crippen molar-refractivity contribution in [3.05, 3.63) is 120 Å². The van der Waals surface area contributed by atoms with Gasteiger partial charge in [-0.25, -0.2) is 0 Å². The zero-order chi connectivity index (χ0) is 39.2. The van der Waals surface area contributed by atoms with E-state index in [0.29, 0.717) is 22.9 Å². The van der Waals surface area contributed by atoms with E-state index in [0.717, 1.165) is 11.1 Å². The summed E-state index contributed by atoms with van der Waals surface area (Å²) in [4.78, 5) is 70.6. The molecule has 0 spiro atoms. The van der Waals surface area contributed by atoms with Crippen molar-refractivity contribution in [1.82, 2.24) is 10.6 Å². The molecule has 0 radical (unpaired) electrons. The molecule has 0 aromatic heterocycles. The quantitative estimate of drug-likeness (QED) is 0.140. The Balaban J connectivity index is 1.39. The van der Waals surface area contributed by atoms with Gasteiger partial charge >= 0.3 is 0 Å². The minimum Gasteiger partial charge on any atom is -0.497 e.